The van der Waals surface area contributed by atoms with Crippen molar-refractivity contribution in [2.24, 2.45) is 5.73 Å². The minimum atomic E-state index is 0.634. The van der Waals surface area contributed by atoms with Crippen molar-refractivity contribution in [1.82, 2.24) is 14.6 Å². The predicted octanol–water partition coefficient (Wildman–Crippen LogP) is 2.37. The number of hydrogen-bond acceptors (Lipinski definition) is 4. The zero-order valence-corrected chi connectivity index (χ0v) is 12.3. The van der Waals surface area contributed by atoms with Gasteiger partial charge in [-0.1, -0.05) is 6.42 Å². The molecule has 1 aliphatic carbocycles. The molecule has 1 aliphatic rings. The van der Waals surface area contributed by atoms with Gasteiger partial charge in [0.25, 0.3) is 0 Å². The Morgan fingerprint density at radius 1 is 1.40 bits per heavy atom. The lowest BCUT2D eigenvalue weighted by atomic mass is 9.83. The topological polar surface area (TPSA) is 68.2 Å². The summed E-state index contributed by atoms with van der Waals surface area (Å²) >= 11 is 0. The SMILES string of the molecule is Cc1nc2cc(C3CCC3)nn2c(NCCCN)c1C. The van der Waals surface area contributed by atoms with E-state index in [1.54, 1.807) is 0 Å². The van der Waals surface area contributed by atoms with Crippen LogP contribution >= 0.6 is 0 Å². The van der Waals surface area contributed by atoms with Crippen LogP contribution in [0.5, 0.6) is 0 Å². The third-order valence-electron chi connectivity index (χ3n) is 4.30. The van der Waals surface area contributed by atoms with Gasteiger partial charge < -0.3 is 11.1 Å². The Morgan fingerprint density at radius 3 is 2.85 bits per heavy atom. The predicted molar refractivity (Wildman–Crippen MR) is 81.2 cm³/mol. The molecule has 5 heteroatoms. The van der Waals surface area contributed by atoms with E-state index in [1.165, 1.54) is 25.0 Å². The Hall–Kier alpha value is -1.62. The van der Waals surface area contributed by atoms with E-state index >= 15 is 0 Å². The summed E-state index contributed by atoms with van der Waals surface area (Å²) in [6.45, 7) is 5.72. The molecule has 1 fully saturated rings. The second kappa shape index (κ2) is 5.40. The molecular formula is C15H23N5. The minimum absolute atomic E-state index is 0.634. The molecule has 0 radical (unpaired) electrons. The Balaban J connectivity index is 2.00. The van der Waals surface area contributed by atoms with Gasteiger partial charge in [0.15, 0.2) is 5.65 Å². The summed E-state index contributed by atoms with van der Waals surface area (Å²) in [6.07, 6.45) is 4.81. The van der Waals surface area contributed by atoms with Crippen LogP contribution in [0.2, 0.25) is 0 Å². The summed E-state index contributed by atoms with van der Waals surface area (Å²) < 4.78 is 1.96. The van der Waals surface area contributed by atoms with E-state index in [0.717, 1.165) is 35.7 Å². The first-order valence-electron chi connectivity index (χ1n) is 7.51. The molecule has 2 heterocycles. The number of fused-ring (bicyclic) bond motifs is 1. The van der Waals surface area contributed by atoms with Crippen LogP contribution in [0.25, 0.3) is 5.65 Å². The molecular weight excluding hydrogens is 250 g/mol. The van der Waals surface area contributed by atoms with Gasteiger partial charge in [0.2, 0.25) is 0 Å². The number of aromatic nitrogens is 3. The van der Waals surface area contributed by atoms with Crippen LogP contribution in [0.15, 0.2) is 6.07 Å². The van der Waals surface area contributed by atoms with Crippen LogP contribution in [0.1, 0.15) is 48.6 Å². The number of anilines is 1. The third-order valence-corrected chi connectivity index (χ3v) is 4.30. The maximum atomic E-state index is 5.57. The Kier molecular flexibility index (Phi) is 3.61. The molecule has 108 valence electrons. The second-order valence-electron chi connectivity index (χ2n) is 5.71. The summed E-state index contributed by atoms with van der Waals surface area (Å²) in [6, 6.07) is 2.14. The van der Waals surface area contributed by atoms with E-state index in [-0.39, 0.29) is 0 Å². The van der Waals surface area contributed by atoms with Gasteiger partial charge in [0.05, 0.1) is 5.69 Å². The lowest BCUT2D eigenvalue weighted by Crippen LogP contribution is -2.14. The molecule has 1 saturated carbocycles. The van der Waals surface area contributed by atoms with Crippen molar-refractivity contribution >= 4 is 11.5 Å². The fourth-order valence-electron chi connectivity index (χ4n) is 2.64. The molecule has 20 heavy (non-hydrogen) atoms. The Bertz CT molecular complexity index is 612. The standard InChI is InChI=1S/C15H23N5/c1-10-11(2)18-14-9-13(12-5-3-6-12)19-20(14)15(10)17-8-4-7-16/h9,12,17H,3-8,16H2,1-2H3. The van der Waals surface area contributed by atoms with E-state index in [9.17, 15) is 0 Å². The molecule has 2 aromatic heterocycles. The summed E-state index contributed by atoms with van der Waals surface area (Å²) in [7, 11) is 0. The van der Waals surface area contributed by atoms with E-state index in [4.69, 9.17) is 10.8 Å². The van der Waals surface area contributed by atoms with Crippen LogP contribution in [0, 0.1) is 13.8 Å². The molecule has 0 amide bonds. The normalized spacial score (nSPS) is 15.6. The lowest BCUT2D eigenvalue weighted by molar-refractivity contribution is 0.409. The molecule has 0 saturated heterocycles. The molecule has 2 aromatic rings. The van der Waals surface area contributed by atoms with Crippen molar-refractivity contribution in [2.45, 2.75) is 45.4 Å². The average Bonchev–Trinajstić information content (AvgIpc) is 2.75. The molecule has 3 rings (SSSR count). The van der Waals surface area contributed by atoms with Gasteiger partial charge in [-0.05, 0) is 39.7 Å². The van der Waals surface area contributed by atoms with Gasteiger partial charge in [-0.25, -0.2) is 4.98 Å². The second-order valence-corrected chi connectivity index (χ2v) is 5.71. The number of nitrogens with zero attached hydrogens (tertiary/aromatic N) is 3. The highest BCUT2D eigenvalue weighted by atomic mass is 15.3. The van der Waals surface area contributed by atoms with Crippen molar-refractivity contribution in [2.75, 3.05) is 18.4 Å². The van der Waals surface area contributed by atoms with Gasteiger partial charge in [-0.15, -0.1) is 0 Å². The molecule has 3 N–H and O–H groups in total. The zero-order chi connectivity index (χ0) is 14.1. The number of rotatable bonds is 5. The third kappa shape index (κ3) is 2.26. The summed E-state index contributed by atoms with van der Waals surface area (Å²) in [4.78, 5) is 4.66. The quantitative estimate of drug-likeness (QED) is 0.821. The van der Waals surface area contributed by atoms with Crippen LogP contribution in [0.3, 0.4) is 0 Å². The molecule has 0 atom stereocenters. The van der Waals surface area contributed by atoms with Crippen LogP contribution in [0.4, 0.5) is 5.82 Å². The van der Waals surface area contributed by atoms with Crippen LogP contribution < -0.4 is 11.1 Å². The van der Waals surface area contributed by atoms with Gasteiger partial charge in [-0.3, -0.25) is 0 Å². The minimum Gasteiger partial charge on any atom is -0.370 e. The number of nitrogens with two attached hydrogens (primary N) is 1. The van der Waals surface area contributed by atoms with Crippen LogP contribution in [-0.2, 0) is 0 Å². The summed E-state index contributed by atoms with van der Waals surface area (Å²) in [5, 5.41) is 8.24. The van der Waals surface area contributed by atoms with E-state index in [1.807, 2.05) is 4.52 Å². The fraction of sp³-hybridized carbons (Fsp3) is 0.600. The maximum Gasteiger partial charge on any atom is 0.157 e. The van der Waals surface area contributed by atoms with E-state index in [0.29, 0.717) is 12.5 Å². The van der Waals surface area contributed by atoms with Gasteiger partial charge in [0.1, 0.15) is 5.82 Å². The monoisotopic (exact) mass is 273 g/mol. The molecule has 0 bridgehead atoms. The highest BCUT2D eigenvalue weighted by molar-refractivity contribution is 5.55. The van der Waals surface area contributed by atoms with Crippen molar-refractivity contribution in [3.05, 3.63) is 23.0 Å². The largest absolute Gasteiger partial charge is 0.370 e. The summed E-state index contributed by atoms with van der Waals surface area (Å²) in [5.41, 5.74) is 9.94. The average molecular weight is 273 g/mol. The smallest absolute Gasteiger partial charge is 0.157 e. The Morgan fingerprint density at radius 2 is 2.20 bits per heavy atom. The van der Waals surface area contributed by atoms with Crippen molar-refractivity contribution in [1.29, 1.82) is 0 Å². The maximum absolute atomic E-state index is 5.57. The van der Waals surface area contributed by atoms with Crippen LogP contribution in [-0.4, -0.2) is 27.7 Å². The van der Waals surface area contributed by atoms with Crippen molar-refractivity contribution < 1.29 is 0 Å². The zero-order valence-electron chi connectivity index (χ0n) is 12.3. The molecule has 0 aromatic carbocycles. The van der Waals surface area contributed by atoms with Crippen molar-refractivity contribution in [3.63, 3.8) is 0 Å². The summed E-state index contributed by atoms with van der Waals surface area (Å²) in [5.74, 6) is 1.70. The molecule has 0 aliphatic heterocycles. The van der Waals surface area contributed by atoms with Gasteiger partial charge in [-0.2, -0.15) is 9.61 Å². The number of aryl methyl sites for hydroxylation is 1. The molecule has 0 unspecified atom stereocenters. The van der Waals surface area contributed by atoms with Gasteiger partial charge >= 0.3 is 0 Å². The first-order valence-corrected chi connectivity index (χ1v) is 7.51. The molecule has 0 spiro atoms. The first kappa shape index (κ1) is 13.4. The fourth-order valence-corrected chi connectivity index (χ4v) is 2.64. The van der Waals surface area contributed by atoms with E-state index in [2.05, 4.69) is 30.2 Å². The van der Waals surface area contributed by atoms with E-state index < -0.39 is 0 Å². The highest BCUT2D eigenvalue weighted by Crippen LogP contribution is 2.36. The van der Waals surface area contributed by atoms with Crippen molar-refractivity contribution in [3.8, 4) is 0 Å². The Labute approximate surface area is 119 Å². The lowest BCUT2D eigenvalue weighted by Gasteiger charge is -2.22. The first-order chi connectivity index (χ1) is 9.70. The number of hydrogen-bond donors (Lipinski definition) is 2. The van der Waals surface area contributed by atoms with Gasteiger partial charge in [0, 0.05) is 29.8 Å². The number of nitrogens with one attached hydrogen (secondary N) is 1. The molecule has 5 nitrogen and oxygen atoms in total. The highest BCUT2D eigenvalue weighted by Gasteiger charge is 2.23.